The van der Waals surface area contributed by atoms with E-state index >= 15 is 0 Å². The lowest BCUT2D eigenvalue weighted by Gasteiger charge is -2.07. The van der Waals surface area contributed by atoms with Crippen LogP contribution in [0.4, 0.5) is 5.69 Å². The normalized spacial score (nSPS) is 20.9. The Morgan fingerprint density at radius 1 is 1.47 bits per heavy atom. The number of nitrogens with one attached hydrogen (secondary N) is 1. The molecule has 102 valence electrons. The van der Waals surface area contributed by atoms with Gasteiger partial charge in [0.15, 0.2) is 0 Å². The molecular weight excluding hydrogens is 361 g/mol. The lowest BCUT2D eigenvalue weighted by atomic mass is 10.2. The fraction of sp³-hybridized carbons (Fsp3) is 0.385. The van der Waals surface area contributed by atoms with E-state index in [-0.39, 0.29) is 23.5 Å². The van der Waals surface area contributed by atoms with Crippen LogP contribution in [0.15, 0.2) is 18.2 Å². The molecule has 1 saturated carbocycles. The smallest absolute Gasteiger partial charge is 0.335 e. The van der Waals surface area contributed by atoms with E-state index in [1.165, 1.54) is 6.07 Å². The molecule has 0 aromatic heterocycles. The van der Waals surface area contributed by atoms with Crippen molar-refractivity contribution >= 4 is 40.2 Å². The van der Waals surface area contributed by atoms with E-state index in [4.69, 9.17) is 9.84 Å². The molecule has 1 aromatic carbocycles. The van der Waals surface area contributed by atoms with Gasteiger partial charge in [-0.25, -0.2) is 4.79 Å². The van der Waals surface area contributed by atoms with Crippen molar-refractivity contribution < 1.29 is 19.4 Å². The van der Waals surface area contributed by atoms with Crippen molar-refractivity contribution in [2.45, 2.75) is 19.4 Å². The minimum Gasteiger partial charge on any atom is -0.478 e. The molecule has 1 aromatic rings. The van der Waals surface area contributed by atoms with Crippen molar-refractivity contribution in [3.63, 3.8) is 0 Å². The highest BCUT2D eigenvalue weighted by molar-refractivity contribution is 14.1. The number of anilines is 1. The molecule has 5 nitrogen and oxygen atoms in total. The number of rotatable bonds is 5. The third kappa shape index (κ3) is 3.66. The van der Waals surface area contributed by atoms with Crippen molar-refractivity contribution in [3.8, 4) is 0 Å². The lowest BCUT2D eigenvalue weighted by Crippen LogP contribution is -2.17. The Hall–Kier alpha value is -1.15. The van der Waals surface area contributed by atoms with Gasteiger partial charge in [-0.3, -0.25) is 4.79 Å². The summed E-state index contributed by atoms with van der Waals surface area (Å²) in [6, 6.07) is 4.75. The van der Waals surface area contributed by atoms with Crippen LogP contribution < -0.4 is 5.32 Å². The van der Waals surface area contributed by atoms with Gasteiger partial charge < -0.3 is 15.2 Å². The standard InChI is InChI=1S/C13H14INO4/c1-2-19-11-6-10(11)12(16)15-9-4-7(13(17)18)3-8(14)5-9/h3-5,10-11H,2,6H2,1H3,(H,15,16)(H,17,18). The minimum atomic E-state index is -1.01. The molecule has 19 heavy (non-hydrogen) atoms. The summed E-state index contributed by atoms with van der Waals surface area (Å²) >= 11 is 2.02. The van der Waals surface area contributed by atoms with E-state index in [1.807, 2.05) is 29.5 Å². The van der Waals surface area contributed by atoms with Gasteiger partial charge in [0.2, 0.25) is 5.91 Å². The summed E-state index contributed by atoms with van der Waals surface area (Å²) in [7, 11) is 0. The van der Waals surface area contributed by atoms with Crippen LogP contribution in [0.2, 0.25) is 0 Å². The Morgan fingerprint density at radius 3 is 2.84 bits per heavy atom. The van der Waals surface area contributed by atoms with Crippen molar-refractivity contribution in [3.05, 3.63) is 27.3 Å². The first-order chi connectivity index (χ1) is 9.01. The van der Waals surface area contributed by atoms with Crippen LogP contribution in [0, 0.1) is 9.49 Å². The number of halogens is 1. The second kappa shape index (κ2) is 5.87. The second-order valence-corrected chi connectivity index (χ2v) is 5.60. The van der Waals surface area contributed by atoms with Crippen molar-refractivity contribution in [1.82, 2.24) is 0 Å². The van der Waals surface area contributed by atoms with E-state index in [0.29, 0.717) is 12.3 Å². The number of carbonyl (C=O) groups is 2. The van der Waals surface area contributed by atoms with Crippen LogP contribution in [0.5, 0.6) is 0 Å². The molecule has 0 bridgehead atoms. The number of hydrogen-bond acceptors (Lipinski definition) is 3. The first kappa shape index (κ1) is 14.3. The number of ether oxygens (including phenoxy) is 1. The molecule has 1 aliphatic carbocycles. The Labute approximate surface area is 124 Å². The number of carboxylic acids is 1. The quantitative estimate of drug-likeness (QED) is 0.775. The van der Waals surface area contributed by atoms with Crippen molar-refractivity contribution in [1.29, 1.82) is 0 Å². The fourth-order valence-corrected chi connectivity index (χ4v) is 2.54. The highest BCUT2D eigenvalue weighted by Gasteiger charge is 2.43. The molecule has 0 heterocycles. The summed E-state index contributed by atoms with van der Waals surface area (Å²) in [4.78, 5) is 22.8. The molecule has 2 unspecified atom stereocenters. The summed E-state index contributed by atoms with van der Waals surface area (Å²) in [5.41, 5.74) is 0.677. The predicted octanol–water partition coefficient (Wildman–Crippen LogP) is 2.35. The van der Waals surface area contributed by atoms with Gasteiger partial charge in [-0.2, -0.15) is 0 Å². The summed E-state index contributed by atoms with van der Waals surface area (Å²) < 4.78 is 6.12. The zero-order valence-corrected chi connectivity index (χ0v) is 12.5. The predicted molar refractivity (Wildman–Crippen MR) is 78.3 cm³/mol. The van der Waals surface area contributed by atoms with Crippen LogP contribution >= 0.6 is 22.6 Å². The number of benzene rings is 1. The average Bonchev–Trinajstić information content (AvgIpc) is 3.08. The average molecular weight is 375 g/mol. The zero-order chi connectivity index (χ0) is 14.0. The molecule has 0 saturated heterocycles. The lowest BCUT2D eigenvalue weighted by molar-refractivity contribution is -0.118. The first-order valence-electron chi connectivity index (χ1n) is 5.97. The second-order valence-electron chi connectivity index (χ2n) is 4.36. The molecule has 2 N–H and O–H groups in total. The third-order valence-corrected chi connectivity index (χ3v) is 3.48. The molecule has 0 radical (unpaired) electrons. The minimum absolute atomic E-state index is 0.00623. The Kier molecular flexibility index (Phi) is 4.41. The van der Waals surface area contributed by atoms with Gasteiger partial charge in [-0.15, -0.1) is 0 Å². The van der Waals surface area contributed by atoms with Gasteiger partial charge in [0.1, 0.15) is 0 Å². The van der Waals surface area contributed by atoms with E-state index in [9.17, 15) is 9.59 Å². The molecular formula is C13H14INO4. The van der Waals surface area contributed by atoms with E-state index in [0.717, 1.165) is 9.99 Å². The van der Waals surface area contributed by atoms with Crippen molar-refractivity contribution in [2.24, 2.45) is 5.92 Å². The first-order valence-corrected chi connectivity index (χ1v) is 7.05. The van der Waals surface area contributed by atoms with Gasteiger partial charge in [0, 0.05) is 15.9 Å². The topological polar surface area (TPSA) is 75.6 Å². The van der Waals surface area contributed by atoms with Crippen LogP contribution in [-0.2, 0) is 9.53 Å². The van der Waals surface area contributed by atoms with E-state index < -0.39 is 5.97 Å². The summed E-state index contributed by atoms with van der Waals surface area (Å²) in [6.07, 6.45) is 0.738. The summed E-state index contributed by atoms with van der Waals surface area (Å²) in [5, 5.41) is 11.7. The zero-order valence-electron chi connectivity index (χ0n) is 10.4. The Bertz CT molecular complexity index is 517. The molecule has 2 rings (SSSR count). The van der Waals surface area contributed by atoms with Gasteiger partial charge >= 0.3 is 5.97 Å². The molecule has 0 aliphatic heterocycles. The molecule has 1 amide bonds. The number of aromatic carboxylic acids is 1. The van der Waals surface area contributed by atoms with Crippen LogP contribution in [-0.4, -0.2) is 29.7 Å². The SMILES string of the molecule is CCOC1CC1C(=O)Nc1cc(I)cc(C(=O)O)c1. The molecule has 6 heteroatoms. The summed E-state index contributed by atoms with van der Waals surface area (Å²) in [5.74, 6) is -1.24. The van der Waals surface area contributed by atoms with Crippen LogP contribution in [0.1, 0.15) is 23.7 Å². The molecule has 2 atom stereocenters. The maximum atomic E-state index is 11.9. The maximum Gasteiger partial charge on any atom is 0.335 e. The highest BCUT2D eigenvalue weighted by Crippen LogP contribution is 2.34. The van der Waals surface area contributed by atoms with E-state index in [1.54, 1.807) is 12.1 Å². The monoisotopic (exact) mass is 375 g/mol. The van der Waals surface area contributed by atoms with Gasteiger partial charge in [0.25, 0.3) is 0 Å². The van der Waals surface area contributed by atoms with E-state index in [2.05, 4.69) is 5.32 Å². The van der Waals surface area contributed by atoms with Crippen LogP contribution in [0.25, 0.3) is 0 Å². The van der Waals surface area contributed by atoms with Crippen molar-refractivity contribution in [2.75, 3.05) is 11.9 Å². The van der Waals surface area contributed by atoms with Gasteiger partial charge in [-0.05, 0) is 54.1 Å². The molecule has 1 aliphatic rings. The third-order valence-electron chi connectivity index (χ3n) is 2.86. The number of amides is 1. The Balaban J connectivity index is 2.03. The van der Waals surface area contributed by atoms with Gasteiger partial charge in [0.05, 0.1) is 17.6 Å². The number of carboxylic acid groups (broad SMARTS) is 1. The fourth-order valence-electron chi connectivity index (χ4n) is 1.87. The largest absolute Gasteiger partial charge is 0.478 e. The van der Waals surface area contributed by atoms with Crippen LogP contribution in [0.3, 0.4) is 0 Å². The molecule has 1 fully saturated rings. The maximum absolute atomic E-state index is 11.9. The highest BCUT2D eigenvalue weighted by atomic mass is 127. The summed E-state index contributed by atoms with van der Waals surface area (Å²) in [6.45, 7) is 2.49. The number of hydrogen-bond donors (Lipinski definition) is 2. The molecule has 0 spiro atoms. The van der Waals surface area contributed by atoms with Gasteiger partial charge in [-0.1, -0.05) is 0 Å². The number of carbonyl (C=O) groups excluding carboxylic acids is 1. The Morgan fingerprint density at radius 2 is 2.21 bits per heavy atom.